The molecule has 2 aromatic carbocycles. The van der Waals surface area contributed by atoms with Crippen molar-refractivity contribution in [3.63, 3.8) is 0 Å². The van der Waals surface area contributed by atoms with Crippen molar-refractivity contribution in [2.24, 2.45) is 0 Å². The van der Waals surface area contributed by atoms with E-state index in [-0.39, 0.29) is 0 Å². The van der Waals surface area contributed by atoms with Crippen LogP contribution in [0.5, 0.6) is 0 Å². The van der Waals surface area contributed by atoms with Crippen LogP contribution in [0.1, 0.15) is 24.5 Å². The first-order chi connectivity index (χ1) is 7.22. The Morgan fingerprint density at radius 2 is 2.00 bits per heavy atom. The highest BCUT2D eigenvalue weighted by Gasteiger charge is 2.03. The molecule has 0 spiro atoms. The first-order valence-electron chi connectivity index (χ1n) is 5.40. The molecule has 0 unspecified atom stereocenters. The molecule has 0 radical (unpaired) electrons. The average Bonchev–Trinajstić information content (AvgIpc) is 2.21. The van der Waals surface area contributed by atoms with Gasteiger partial charge in [0.25, 0.3) is 0 Å². The van der Waals surface area contributed by atoms with Crippen LogP contribution in [0.15, 0.2) is 30.3 Å². The summed E-state index contributed by atoms with van der Waals surface area (Å²) in [5.41, 5.74) is 2.78. The quantitative estimate of drug-likeness (QED) is 0.682. The van der Waals surface area contributed by atoms with E-state index >= 15 is 0 Å². The number of benzene rings is 2. The molecule has 0 saturated carbocycles. The van der Waals surface area contributed by atoms with E-state index < -0.39 is 0 Å². The van der Waals surface area contributed by atoms with Crippen LogP contribution >= 0.6 is 11.6 Å². The highest BCUT2D eigenvalue weighted by Crippen LogP contribution is 2.26. The second-order valence-electron chi connectivity index (χ2n) is 3.99. The molecule has 0 fully saturated rings. The molecule has 0 aliphatic heterocycles. The van der Waals surface area contributed by atoms with E-state index in [2.05, 4.69) is 32.0 Å². The molecular formula is C14H15Cl. The van der Waals surface area contributed by atoms with E-state index in [0.29, 0.717) is 0 Å². The van der Waals surface area contributed by atoms with E-state index in [1.54, 1.807) is 0 Å². The molecule has 0 N–H and O–H groups in total. The molecule has 0 heterocycles. The van der Waals surface area contributed by atoms with Crippen LogP contribution in [0.3, 0.4) is 0 Å². The molecule has 0 nitrogen and oxygen atoms in total. The number of fused-ring (bicyclic) bond motifs is 1. The van der Waals surface area contributed by atoms with Crippen molar-refractivity contribution in [3.05, 3.63) is 46.5 Å². The van der Waals surface area contributed by atoms with Gasteiger partial charge in [0.1, 0.15) is 0 Å². The maximum absolute atomic E-state index is 6.16. The summed E-state index contributed by atoms with van der Waals surface area (Å²) in [7, 11) is 0. The van der Waals surface area contributed by atoms with Gasteiger partial charge in [-0.1, -0.05) is 43.1 Å². The van der Waals surface area contributed by atoms with Gasteiger partial charge in [-0.2, -0.15) is 0 Å². The summed E-state index contributed by atoms with van der Waals surface area (Å²) in [4.78, 5) is 0. The Morgan fingerprint density at radius 3 is 2.73 bits per heavy atom. The third-order valence-corrected chi connectivity index (χ3v) is 3.13. The highest BCUT2D eigenvalue weighted by molar-refractivity contribution is 6.35. The van der Waals surface area contributed by atoms with Gasteiger partial charge in [0.15, 0.2) is 0 Å². The van der Waals surface area contributed by atoms with Crippen LogP contribution in [0.4, 0.5) is 0 Å². The average molecular weight is 219 g/mol. The van der Waals surface area contributed by atoms with Gasteiger partial charge < -0.3 is 0 Å². The summed E-state index contributed by atoms with van der Waals surface area (Å²) in [6, 6.07) is 10.5. The zero-order valence-corrected chi connectivity index (χ0v) is 9.93. The third-order valence-electron chi connectivity index (χ3n) is 2.80. The topological polar surface area (TPSA) is 0 Å². The Balaban J connectivity index is 2.65. The lowest BCUT2D eigenvalue weighted by atomic mass is 9.99. The van der Waals surface area contributed by atoms with Gasteiger partial charge in [-0.3, -0.25) is 0 Å². The predicted octanol–water partition coefficient (Wildman–Crippen LogP) is 4.75. The Labute approximate surface area is 95.9 Å². The fourth-order valence-corrected chi connectivity index (χ4v) is 2.22. The van der Waals surface area contributed by atoms with Gasteiger partial charge >= 0.3 is 0 Å². The molecule has 2 aromatic rings. The first kappa shape index (κ1) is 10.5. The van der Waals surface area contributed by atoms with Crippen LogP contribution in [0.2, 0.25) is 5.02 Å². The molecule has 0 saturated heterocycles. The van der Waals surface area contributed by atoms with Gasteiger partial charge in [-0.25, -0.2) is 0 Å². The van der Waals surface area contributed by atoms with Gasteiger partial charge in [0.05, 0.1) is 0 Å². The van der Waals surface area contributed by atoms with Crippen molar-refractivity contribution in [2.45, 2.75) is 26.7 Å². The molecule has 0 aliphatic rings. The lowest BCUT2D eigenvalue weighted by Crippen LogP contribution is -1.89. The maximum atomic E-state index is 6.16. The molecule has 0 aromatic heterocycles. The van der Waals surface area contributed by atoms with Crippen molar-refractivity contribution in [2.75, 3.05) is 0 Å². The van der Waals surface area contributed by atoms with E-state index in [0.717, 1.165) is 16.8 Å². The van der Waals surface area contributed by atoms with E-state index in [9.17, 15) is 0 Å². The predicted molar refractivity (Wildman–Crippen MR) is 67.7 cm³/mol. The van der Waals surface area contributed by atoms with Crippen molar-refractivity contribution >= 4 is 22.4 Å². The third kappa shape index (κ3) is 2.00. The molecular weight excluding hydrogens is 204 g/mol. The van der Waals surface area contributed by atoms with Gasteiger partial charge in [0.2, 0.25) is 0 Å². The largest absolute Gasteiger partial charge is 0.0837 e. The Morgan fingerprint density at radius 1 is 1.20 bits per heavy atom. The second kappa shape index (κ2) is 4.24. The molecule has 0 bridgehead atoms. The number of rotatable bonds is 2. The number of aryl methyl sites for hydroxylation is 2. The minimum Gasteiger partial charge on any atom is -0.0837 e. The van der Waals surface area contributed by atoms with Crippen molar-refractivity contribution in [1.82, 2.24) is 0 Å². The van der Waals surface area contributed by atoms with Crippen molar-refractivity contribution < 1.29 is 0 Å². The van der Waals surface area contributed by atoms with Crippen molar-refractivity contribution in [1.29, 1.82) is 0 Å². The standard InChI is InChI=1S/C14H15Cl/c1-3-5-11-9-12-6-4-7-14(15)13(12)8-10(11)2/h4,6-9H,3,5H2,1-2H3. The van der Waals surface area contributed by atoms with Crippen LogP contribution in [-0.4, -0.2) is 0 Å². The van der Waals surface area contributed by atoms with Gasteiger partial charge in [-0.15, -0.1) is 0 Å². The minimum absolute atomic E-state index is 0.846. The molecule has 78 valence electrons. The summed E-state index contributed by atoms with van der Waals surface area (Å²) in [6.07, 6.45) is 2.33. The summed E-state index contributed by atoms with van der Waals surface area (Å²) >= 11 is 6.16. The molecule has 0 aliphatic carbocycles. The Hall–Kier alpha value is -1.01. The Bertz CT molecular complexity index is 486. The minimum atomic E-state index is 0.846. The highest BCUT2D eigenvalue weighted by atomic mass is 35.5. The molecule has 15 heavy (non-hydrogen) atoms. The number of hydrogen-bond donors (Lipinski definition) is 0. The van der Waals surface area contributed by atoms with Crippen LogP contribution in [-0.2, 0) is 6.42 Å². The summed E-state index contributed by atoms with van der Waals surface area (Å²) in [5, 5.41) is 3.26. The van der Waals surface area contributed by atoms with E-state index in [4.69, 9.17) is 11.6 Å². The monoisotopic (exact) mass is 218 g/mol. The zero-order chi connectivity index (χ0) is 10.8. The maximum Gasteiger partial charge on any atom is 0.0484 e. The molecule has 1 heteroatoms. The molecule has 0 atom stereocenters. The van der Waals surface area contributed by atoms with Crippen LogP contribution in [0, 0.1) is 6.92 Å². The van der Waals surface area contributed by atoms with Crippen LogP contribution < -0.4 is 0 Å². The fraction of sp³-hybridized carbons (Fsp3) is 0.286. The molecule has 0 amide bonds. The summed E-state index contributed by atoms with van der Waals surface area (Å²) < 4.78 is 0. The van der Waals surface area contributed by atoms with Crippen molar-refractivity contribution in [3.8, 4) is 0 Å². The van der Waals surface area contributed by atoms with E-state index in [1.165, 1.54) is 22.9 Å². The second-order valence-corrected chi connectivity index (χ2v) is 4.40. The van der Waals surface area contributed by atoms with Gasteiger partial charge in [0, 0.05) is 10.4 Å². The SMILES string of the molecule is CCCc1cc2cccc(Cl)c2cc1C. The van der Waals surface area contributed by atoms with Crippen LogP contribution in [0.25, 0.3) is 10.8 Å². The first-order valence-corrected chi connectivity index (χ1v) is 5.78. The number of halogens is 1. The Kier molecular flexibility index (Phi) is 2.97. The molecule has 2 rings (SSSR count). The fourth-order valence-electron chi connectivity index (χ4n) is 1.98. The normalized spacial score (nSPS) is 10.9. The van der Waals surface area contributed by atoms with E-state index in [1.807, 2.05) is 12.1 Å². The lowest BCUT2D eigenvalue weighted by Gasteiger charge is -2.08. The summed E-state index contributed by atoms with van der Waals surface area (Å²) in [6.45, 7) is 4.37. The van der Waals surface area contributed by atoms with Gasteiger partial charge in [-0.05, 0) is 42.0 Å². The smallest absolute Gasteiger partial charge is 0.0484 e. The zero-order valence-electron chi connectivity index (χ0n) is 9.18. The number of hydrogen-bond acceptors (Lipinski definition) is 0. The summed E-state index contributed by atoms with van der Waals surface area (Å²) in [5.74, 6) is 0. The lowest BCUT2D eigenvalue weighted by molar-refractivity contribution is 0.915.